The molecule has 0 spiro atoms. The van der Waals surface area contributed by atoms with Crippen molar-refractivity contribution < 1.29 is 13.2 Å². The fourth-order valence-electron chi connectivity index (χ4n) is 3.97. The van der Waals surface area contributed by atoms with Gasteiger partial charge in [-0.3, -0.25) is 14.4 Å². The molecule has 0 bridgehead atoms. The Morgan fingerprint density at radius 2 is 1.55 bits per heavy atom. The second-order valence-corrected chi connectivity index (χ2v) is 10.1. The standard InChI is InChI=1S/C26H29N3O3S/c1-21-8-12-24(13-9-21)27-33(31,32)25-14-10-23(11-15-25)26(30)29-17-5-16-28(18-19-29)20-22-6-3-2-4-7-22/h2-4,6-15,27H,5,16-20H2,1H3. The molecule has 0 atom stereocenters. The molecule has 1 fully saturated rings. The lowest BCUT2D eigenvalue weighted by atomic mass is 10.2. The molecule has 0 unspecified atom stereocenters. The van der Waals surface area contributed by atoms with Crippen LogP contribution in [-0.2, 0) is 16.6 Å². The molecule has 0 radical (unpaired) electrons. The monoisotopic (exact) mass is 463 g/mol. The molecule has 1 heterocycles. The van der Waals surface area contributed by atoms with Crippen LogP contribution in [-0.4, -0.2) is 50.3 Å². The van der Waals surface area contributed by atoms with E-state index in [2.05, 4.69) is 21.8 Å². The molecule has 4 rings (SSSR count). The lowest BCUT2D eigenvalue weighted by Gasteiger charge is -2.22. The van der Waals surface area contributed by atoms with Crippen LogP contribution in [0.4, 0.5) is 5.69 Å². The summed E-state index contributed by atoms with van der Waals surface area (Å²) in [5.41, 5.74) is 3.33. The van der Waals surface area contributed by atoms with Gasteiger partial charge in [-0.25, -0.2) is 8.42 Å². The first-order valence-corrected chi connectivity index (χ1v) is 12.6. The summed E-state index contributed by atoms with van der Waals surface area (Å²) in [6.07, 6.45) is 0.908. The van der Waals surface area contributed by atoms with Gasteiger partial charge >= 0.3 is 0 Å². The number of amides is 1. The molecule has 1 aliphatic rings. The fraction of sp³-hybridized carbons (Fsp3) is 0.269. The van der Waals surface area contributed by atoms with E-state index in [0.29, 0.717) is 24.3 Å². The van der Waals surface area contributed by atoms with Crippen LogP contribution in [0.2, 0.25) is 0 Å². The molecule has 3 aromatic carbocycles. The molecule has 1 N–H and O–H groups in total. The van der Waals surface area contributed by atoms with Crippen LogP contribution in [0, 0.1) is 6.92 Å². The van der Waals surface area contributed by atoms with E-state index in [4.69, 9.17) is 0 Å². The number of anilines is 1. The highest BCUT2D eigenvalue weighted by Gasteiger charge is 2.21. The molecule has 0 saturated carbocycles. The SMILES string of the molecule is Cc1ccc(NS(=O)(=O)c2ccc(C(=O)N3CCCN(Cc4ccccc4)CC3)cc2)cc1. The van der Waals surface area contributed by atoms with Crippen LogP contribution in [0.25, 0.3) is 0 Å². The molecular weight excluding hydrogens is 434 g/mol. The number of benzene rings is 3. The van der Waals surface area contributed by atoms with E-state index in [9.17, 15) is 13.2 Å². The Kier molecular flexibility index (Phi) is 7.11. The molecular formula is C26H29N3O3S. The van der Waals surface area contributed by atoms with Crippen molar-refractivity contribution in [2.75, 3.05) is 30.9 Å². The predicted octanol–water partition coefficient (Wildman–Crippen LogP) is 4.14. The molecule has 1 saturated heterocycles. The Balaban J connectivity index is 1.38. The Hall–Kier alpha value is -3.16. The van der Waals surface area contributed by atoms with Crippen molar-refractivity contribution in [1.29, 1.82) is 0 Å². The van der Waals surface area contributed by atoms with Crippen LogP contribution in [0.5, 0.6) is 0 Å². The molecule has 172 valence electrons. The molecule has 1 amide bonds. The van der Waals surface area contributed by atoms with Gasteiger partial charge in [0.1, 0.15) is 0 Å². The molecule has 3 aromatic rings. The summed E-state index contributed by atoms with van der Waals surface area (Å²) < 4.78 is 28.0. The van der Waals surface area contributed by atoms with E-state index < -0.39 is 10.0 Å². The number of sulfonamides is 1. The highest BCUT2D eigenvalue weighted by atomic mass is 32.2. The van der Waals surface area contributed by atoms with Crippen LogP contribution < -0.4 is 4.72 Å². The molecule has 0 aliphatic carbocycles. The molecule has 7 heteroatoms. The molecule has 33 heavy (non-hydrogen) atoms. The number of nitrogens with zero attached hydrogens (tertiary/aromatic N) is 2. The zero-order valence-corrected chi connectivity index (χ0v) is 19.6. The third-order valence-corrected chi connectivity index (χ3v) is 7.24. The number of hydrogen-bond acceptors (Lipinski definition) is 4. The summed E-state index contributed by atoms with van der Waals surface area (Å²) in [4.78, 5) is 17.4. The molecule has 6 nitrogen and oxygen atoms in total. The summed E-state index contributed by atoms with van der Waals surface area (Å²) >= 11 is 0. The zero-order chi connectivity index (χ0) is 23.3. The zero-order valence-electron chi connectivity index (χ0n) is 18.8. The van der Waals surface area contributed by atoms with Crippen LogP contribution in [0.3, 0.4) is 0 Å². The Morgan fingerprint density at radius 1 is 0.848 bits per heavy atom. The Morgan fingerprint density at radius 3 is 2.24 bits per heavy atom. The average molecular weight is 464 g/mol. The van der Waals surface area contributed by atoms with Gasteiger partial charge in [0.05, 0.1) is 4.90 Å². The third kappa shape index (κ3) is 6.00. The lowest BCUT2D eigenvalue weighted by molar-refractivity contribution is 0.0761. The average Bonchev–Trinajstić information content (AvgIpc) is 3.06. The summed E-state index contributed by atoms with van der Waals surface area (Å²) in [6.45, 7) is 5.93. The Bertz CT molecular complexity index is 1180. The molecule has 0 aromatic heterocycles. The number of carbonyl (C=O) groups excluding carboxylic acids is 1. The number of rotatable bonds is 6. The van der Waals surface area contributed by atoms with Gasteiger partial charge in [0, 0.05) is 44.0 Å². The highest BCUT2D eigenvalue weighted by molar-refractivity contribution is 7.92. The first-order chi connectivity index (χ1) is 15.9. The van der Waals surface area contributed by atoms with Gasteiger partial charge < -0.3 is 4.90 Å². The van der Waals surface area contributed by atoms with Crippen molar-refractivity contribution in [3.05, 3.63) is 95.6 Å². The van der Waals surface area contributed by atoms with E-state index in [-0.39, 0.29) is 10.8 Å². The highest BCUT2D eigenvalue weighted by Crippen LogP contribution is 2.18. The predicted molar refractivity (Wildman–Crippen MR) is 131 cm³/mol. The van der Waals surface area contributed by atoms with E-state index >= 15 is 0 Å². The number of hydrogen-bond donors (Lipinski definition) is 1. The van der Waals surface area contributed by atoms with Gasteiger partial charge in [0.2, 0.25) is 0 Å². The van der Waals surface area contributed by atoms with E-state index in [1.807, 2.05) is 42.2 Å². The largest absolute Gasteiger partial charge is 0.337 e. The van der Waals surface area contributed by atoms with Gasteiger partial charge in [-0.1, -0.05) is 48.0 Å². The van der Waals surface area contributed by atoms with Crippen molar-refractivity contribution in [2.24, 2.45) is 0 Å². The summed E-state index contributed by atoms with van der Waals surface area (Å²) in [5, 5.41) is 0. The van der Waals surface area contributed by atoms with E-state index in [1.54, 1.807) is 24.3 Å². The number of aryl methyl sites for hydroxylation is 1. The van der Waals surface area contributed by atoms with E-state index in [1.165, 1.54) is 17.7 Å². The molecule has 1 aliphatic heterocycles. The smallest absolute Gasteiger partial charge is 0.261 e. The normalized spacial score (nSPS) is 15.1. The minimum atomic E-state index is -3.72. The summed E-state index contributed by atoms with van der Waals surface area (Å²) in [7, 11) is -3.72. The van der Waals surface area contributed by atoms with Gasteiger partial charge in [-0.2, -0.15) is 0 Å². The Labute approximate surface area is 195 Å². The van der Waals surface area contributed by atoms with E-state index in [0.717, 1.165) is 31.6 Å². The topological polar surface area (TPSA) is 69.7 Å². The van der Waals surface area contributed by atoms with Crippen molar-refractivity contribution in [3.8, 4) is 0 Å². The minimum absolute atomic E-state index is 0.0630. The van der Waals surface area contributed by atoms with Gasteiger partial charge in [0.15, 0.2) is 0 Å². The second-order valence-electron chi connectivity index (χ2n) is 8.40. The first kappa shape index (κ1) is 23.0. The maximum atomic E-state index is 13.0. The maximum Gasteiger partial charge on any atom is 0.261 e. The fourth-order valence-corrected chi connectivity index (χ4v) is 5.03. The lowest BCUT2D eigenvalue weighted by Crippen LogP contribution is -2.35. The van der Waals surface area contributed by atoms with Crippen LogP contribution in [0.15, 0.2) is 83.8 Å². The third-order valence-electron chi connectivity index (χ3n) is 5.84. The number of carbonyl (C=O) groups is 1. The quantitative estimate of drug-likeness (QED) is 0.596. The van der Waals surface area contributed by atoms with Gasteiger partial charge in [-0.05, 0) is 55.3 Å². The number of nitrogens with one attached hydrogen (secondary N) is 1. The van der Waals surface area contributed by atoms with Crippen molar-refractivity contribution in [2.45, 2.75) is 24.8 Å². The van der Waals surface area contributed by atoms with Crippen molar-refractivity contribution in [3.63, 3.8) is 0 Å². The minimum Gasteiger partial charge on any atom is -0.337 e. The second kappa shape index (κ2) is 10.2. The summed E-state index contributed by atoms with van der Waals surface area (Å²) in [5.74, 6) is -0.0630. The first-order valence-electron chi connectivity index (χ1n) is 11.2. The van der Waals surface area contributed by atoms with Crippen molar-refractivity contribution in [1.82, 2.24) is 9.80 Å². The van der Waals surface area contributed by atoms with Gasteiger partial charge in [0.25, 0.3) is 15.9 Å². The maximum absolute atomic E-state index is 13.0. The van der Waals surface area contributed by atoms with Gasteiger partial charge in [-0.15, -0.1) is 0 Å². The summed E-state index contributed by atoms with van der Waals surface area (Å²) in [6, 6.07) is 23.7. The van der Waals surface area contributed by atoms with Crippen LogP contribution in [0.1, 0.15) is 27.9 Å². The van der Waals surface area contributed by atoms with Crippen molar-refractivity contribution >= 4 is 21.6 Å². The van der Waals surface area contributed by atoms with Crippen LogP contribution >= 0.6 is 0 Å².